The number of nitrogens with one attached hydrogen (secondary N) is 1. The standard InChI is InChI=1S/C19H30N6OS/c1-6-20-18(21-10-17-23-16(13-27-17)19(2,3)4)25-7-8-26-15(12-25)14-9-22-24(5)11-14/h9,11,13,15H,6-8,10,12H2,1-5H3,(H,20,21). The minimum absolute atomic E-state index is 0.0173. The van der Waals surface area contributed by atoms with Gasteiger partial charge in [-0.15, -0.1) is 11.3 Å². The number of thiazole rings is 1. The molecule has 7 nitrogen and oxygen atoms in total. The molecule has 3 heterocycles. The van der Waals surface area contributed by atoms with E-state index in [2.05, 4.69) is 48.4 Å². The molecule has 1 unspecified atom stereocenters. The highest BCUT2D eigenvalue weighted by molar-refractivity contribution is 7.09. The van der Waals surface area contributed by atoms with E-state index in [4.69, 9.17) is 14.7 Å². The molecule has 8 heteroatoms. The summed E-state index contributed by atoms with van der Waals surface area (Å²) < 4.78 is 7.76. The van der Waals surface area contributed by atoms with Crippen molar-refractivity contribution in [2.24, 2.45) is 12.0 Å². The Labute approximate surface area is 165 Å². The Morgan fingerprint density at radius 3 is 2.89 bits per heavy atom. The normalized spacial score (nSPS) is 18.8. The number of nitrogens with zero attached hydrogens (tertiary/aromatic N) is 5. The van der Waals surface area contributed by atoms with Crippen LogP contribution in [0.25, 0.3) is 0 Å². The molecule has 2 aromatic rings. The molecule has 1 saturated heterocycles. The van der Waals surface area contributed by atoms with Crippen LogP contribution in [0, 0.1) is 0 Å². The molecule has 1 N–H and O–H groups in total. The van der Waals surface area contributed by atoms with Gasteiger partial charge in [0.2, 0.25) is 0 Å². The van der Waals surface area contributed by atoms with Crippen molar-refractivity contribution in [2.75, 3.05) is 26.2 Å². The second-order valence-electron chi connectivity index (χ2n) is 7.80. The van der Waals surface area contributed by atoms with E-state index >= 15 is 0 Å². The van der Waals surface area contributed by atoms with Gasteiger partial charge in [0, 0.05) is 42.7 Å². The fourth-order valence-electron chi connectivity index (χ4n) is 2.95. The third-order valence-corrected chi connectivity index (χ3v) is 5.32. The molecule has 0 spiro atoms. The summed E-state index contributed by atoms with van der Waals surface area (Å²) in [6.07, 6.45) is 3.91. The first kappa shape index (κ1) is 19.8. The predicted molar refractivity (Wildman–Crippen MR) is 109 cm³/mol. The van der Waals surface area contributed by atoms with Gasteiger partial charge in [-0.3, -0.25) is 4.68 Å². The lowest BCUT2D eigenvalue weighted by molar-refractivity contribution is -0.00805. The minimum atomic E-state index is 0.0173. The van der Waals surface area contributed by atoms with E-state index in [0.717, 1.165) is 41.9 Å². The predicted octanol–water partition coefficient (Wildman–Crippen LogP) is 2.71. The lowest BCUT2D eigenvalue weighted by Crippen LogP contribution is -2.48. The molecule has 2 aromatic heterocycles. The number of hydrogen-bond donors (Lipinski definition) is 1. The van der Waals surface area contributed by atoms with Gasteiger partial charge in [0.15, 0.2) is 5.96 Å². The van der Waals surface area contributed by atoms with Crippen LogP contribution >= 0.6 is 11.3 Å². The number of rotatable bonds is 4. The third-order valence-electron chi connectivity index (χ3n) is 4.48. The van der Waals surface area contributed by atoms with Crippen LogP contribution in [-0.2, 0) is 23.7 Å². The summed E-state index contributed by atoms with van der Waals surface area (Å²) in [5, 5.41) is 10.9. The Morgan fingerprint density at radius 2 is 2.26 bits per heavy atom. The van der Waals surface area contributed by atoms with Crippen molar-refractivity contribution < 1.29 is 4.74 Å². The van der Waals surface area contributed by atoms with Crippen LogP contribution in [-0.4, -0.2) is 51.9 Å². The zero-order chi connectivity index (χ0) is 19.4. The highest BCUT2D eigenvalue weighted by Crippen LogP contribution is 2.25. The first-order valence-corrected chi connectivity index (χ1v) is 10.3. The van der Waals surface area contributed by atoms with Crippen molar-refractivity contribution >= 4 is 17.3 Å². The summed E-state index contributed by atoms with van der Waals surface area (Å²) in [5.41, 5.74) is 2.31. The average molecular weight is 391 g/mol. The third kappa shape index (κ3) is 5.07. The Balaban J connectivity index is 1.70. The summed E-state index contributed by atoms with van der Waals surface area (Å²) in [5.74, 6) is 0.919. The highest BCUT2D eigenvalue weighted by Gasteiger charge is 2.25. The van der Waals surface area contributed by atoms with Crippen molar-refractivity contribution in [3.8, 4) is 0 Å². The van der Waals surface area contributed by atoms with Crippen molar-refractivity contribution in [2.45, 2.75) is 45.8 Å². The molecule has 0 amide bonds. The van der Waals surface area contributed by atoms with E-state index in [1.807, 2.05) is 24.1 Å². The number of aromatic nitrogens is 3. The van der Waals surface area contributed by atoms with Gasteiger partial charge in [-0.05, 0) is 6.92 Å². The van der Waals surface area contributed by atoms with Crippen LogP contribution in [0.2, 0.25) is 0 Å². The van der Waals surface area contributed by atoms with E-state index in [1.165, 1.54) is 0 Å². The topological polar surface area (TPSA) is 67.6 Å². The van der Waals surface area contributed by atoms with Gasteiger partial charge in [0.25, 0.3) is 0 Å². The quantitative estimate of drug-likeness (QED) is 0.642. The number of hydrogen-bond acceptors (Lipinski definition) is 5. The fourth-order valence-corrected chi connectivity index (χ4v) is 3.89. The number of aliphatic imine (C=N–C) groups is 1. The molecule has 0 saturated carbocycles. The molecule has 1 atom stereocenters. The number of guanidine groups is 1. The lowest BCUT2D eigenvalue weighted by atomic mass is 9.93. The molecule has 1 aliphatic heterocycles. The maximum atomic E-state index is 5.95. The molecule has 148 valence electrons. The van der Waals surface area contributed by atoms with Crippen molar-refractivity contribution in [1.29, 1.82) is 0 Å². The van der Waals surface area contributed by atoms with Gasteiger partial charge in [0.05, 0.1) is 31.6 Å². The van der Waals surface area contributed by atoms with E-state index in [9.17, 15) is 0 Å². The average Bonchev–Trinajstić information content (AvgIpc) is 3.27. The summed E-state index contributed by atoms with van der Waals surface area (Å²) in [6.45, 7) is 12.3. The molecule has 0 aromatic carbocycles. The monoisotopic (exact) mass is 390 g/mol. The van der Waals surface area contributed by atoms with Crippen LogP contribution in [0.4, 0.5) is 0 Å². The lowest BCUT2D eigenvalue weighted by Gasteiger charge is -2.34. The fraction of sp³-hybridized carbons (Fsp3) is 0.632. The van der Waals surface area contributed by atoms with Crippen LogP contribution in [0.5, 0.6) is 0 Å². The Bertz CT molecular complexity index is 775. The van der Waals surface area contributed by atoms with Crippen molar-refractivity contribution in [3.63, 3.8) is 0 Å². The van der Waals surface area contributed by atoms with Gasteiger partial charge in [-0.1, -0.05) is 20.8 Å². The van der Waals surface area contributed by atoms with Crippen LogP contribution in [0.1, 0.15) is 50.1 Å². The molecular weight excluding hydrogens is 360 g/mol. The summed E-state index contributed by atoms with van der Waals surface area (Å²) in [6, 6.07) is 0. The number of morpholine rings is 1. The Kier molecular flexibility index (Phi) is 6.16. The van der Waals surface area contributed by atoms with Gasteiger partial charge < -0.3 is 15.0 Å². The Morgan fingerprint density at radius 1 is 1.44 bits per heavy atom. The SMILES string of the molecule is CCNC(=NCc1nc(C(C)(C)C)cs1)N1CCOC(c2cnn(C)c2)C1. The molecule has 1 aliphatic rings. The van der Waals surface area contributed by atoms with Crippen LogP contribution in [0.3, 0.4) is 0 Å². The van der Waals surface area contributed by atoms with E-state index < -0.39 is 0 Å². The largest absolute Gasteiger partial charge is 0.370 e. The highest BCUT2D eigenvalue weighted by atomic mass is 32.1. The van der Waals surface area contributed by atoms with Crippen molar-refractivity contribution in [1.82, 2.24) is 25.0 Å². The molecule has 0 radical (unpaired) electrons. The zero-order valence-electron chi connectivity index (χ0n) is 16.9. The van der Waals surface area contributed by atoms with Gasteiger partial charge in [-0.25, -0.2) is 9.98 Å². The smallest absolute Gasteiger partial charge is 0.194 e. The van der Waals surface area contributed by atoms with E-state index in [0.29, 0.717) is 13.2 Å². The van der Waals surface area contributed by atoms with Crippen molar-refractivity contribution in [3.05, 3.63) is 34.0 Å². The molecular formula is C19H30N6OS. The second kappa shape index (κ2) is 8.39. The summed E-state index contributed by atoms with van der Waals surface area (Å²) >= 11 is 1.68. The van der Waals surface area contributed by atoms with Gasteiger partial charge >= 0.3 is 0 Å². The van der Waals surface area contributed by atoms with Gasteiger partial charge in [0.1, 0.15) is 11.1 Å². The van der Waals surface area contributed by atoms with E-state index in [1.54, 1.807) is 11.3 Å². The second-order valence-corrected chi connectivity index (χ2v) is 8.74. The molecule has 0 aliphatic carbocycles. The van der Waals surface area contributed by atoms with Gasteiger partial charge in [-0.2, -0.15) is 5.10 Å². The maximum Gasteiger partial charge on any atom is 0.194 e. The Hall–Kier alpha value is -1.93. The first-order chi connectivity index (χ1) is 12.9. The van der Waals surface area contributed by atoms with E-state index in [-0.39, 0.29) is 11.5 Å². The molecule has 1 fully saturated rings. The zero-order valence-corrected chi connectivity index (χ0v) is 17.7. The maximum absolute atomic E-state index is 5.95. The molecule has 27 heavy (non-hydrogen) atoms. The number of aryl methyl sites for hydroxylation is 1. The summed E-state index contributed by atoms with van der Waals surface area (Å²) in [7, 11) is 1.93. The summed E-state index contributed by atoms with van der Waals surface area (Å²) in [4.78, 5) is 11.9. The molecule has 3 rings (SSSR count). The molecule has 0 bridgehead atoms. The first-order valence-electron chi connectivity index (χ1n) is 9.45. The van der Waals surface area contributed by atoms with Crippen LogP contribution < -0.4 is 5.32 Å². The number of ether oxygens (including phenoxy) is 1. The van der Waals surface area contributed by atoms with Crippen LogP contribution in [0.15, 0.2) is 22.8 Å². The minimum Gasteiger partial charge on any atom is -0.370 e.